The zero-order valence-electron chi connectivity index (χ0n) is 11.6. The third-order valence-electron chi connectivity index (χ3n) is 2.81. The van der Waals surface area contributed by atoms with Crippen LogP contribution in [0, 0.1) is 12.7 Å². The topological polar surface area (TPSA) is 84.0 Å². The fourth-order valence-electron chi connectivity index (χ4n) is 1.75. The number of hydrogen-bond donors (Lipinski definition) is 2. The minimum absolute atomic E-state index is 0.0762. The van der Waals surface area contributed by atoms with Gasteiger partial charge in [-0.3, -0.25) is 4.72 Å². The van der Waals surface area contributed by atoms with E-state index in [4.69, 9.17) is 0 Å². The molecule has 0 fully saturated rings. The molecule has 0 aliphatic carbocycles. The Morgan fingerprint density at radius 1 is 1.38 bits per heavy atom. The summed E-state index contributed by atoms with van der Waals surface area (Å²) in [4.78, 5) is -0.0920. The van der Waals surface area contributed by atoms with E-state index in [1.54, 1.807) is 0 Å². The quantitative estimate of drug-likeness (QED) is 0.845. The molecule has 0 radical (unpaired) electrons. The molecule has 6 nitrogen and oxygen atoms in total. The van der Waals surface area contributed by atoms with Crippen molar-refractivity contribution in [1.29, 1.82) is 0 Å². The Labute approximate surface area is 126 Å². The van der Waals surface area contributed by atoms with E-state index < -0.39 is 15.8 Å². The highest BCUT2D eigenvalue weighted by atomic mass is 32.2. The predicted octanol–water partition coefficient (Wildman–Crippen LogP) is 1.90. The van der Waals surface area contributed by atoms with Gasteiger partial charge in [-0.1, -0.05) is 18.3 Å². The molecule has 0 spiro atoms. The molecule has 1 aromatic heterocycles. The van der Waals surface area contributed by atoms with E-state index in [1.807, 2.05) is 6.92 Å². The molecular formula is C12H15FN4O2S2. The molecule has 0 amide bonds. The molecular weight excluding hydrogens is 315 g/mol. The maximum atomic E-state index is 13.9. The van der Waals surface area contributed by atoms with Crippen molar-refractivity contribution in [3.8, 4) is 0 Å². The van der Waals surface area contributed by atoms with Crippen LogP contribution in [-0.4, -0.2) is 25.2 Å². The minimum Gasteiger partial charge on any atom is -0.313 e. The second kappa shape index (κ2) is 6.46. The van der Waals surface area contributed by atoms with Crippen molar-refractivity contribution in [3.05, 3.63) is 34.6 Å². The molecule has 0 saturated heterocycles. The Kier molecular flexibility index (Phi) is 4.86. The van der Waals surface area contributed by atoms with Crippen LogP contribution in [0.2, 0.25) is 0 Å². The first-order valence-electron chi connectivity index (χ1n) is 6.22. The Morgan fingerprint density at radius 3 is 2.76 bits per heavy atom. The van der Waals surface area contributed by atoms with Gasteiger partial charge in [0.05, 0.1) is 4.90 Å². The first kappa shape index (κ1) is 15.8. The summed E-state index contributed by atoms with van der Waals surface area (Å²) in [6.07, 6.45) is 0. The first-order chi connectivity index (χ1) is 9.94. The van der Waals surface area contributed by atoms with Crippen LogP contribution in [0.5, 0.6) is 0 Å². The van der Waals surface area contributed by atoms with Gasteiger partial charge in [-0.25, -0.2) is 12.8 Å². The molecule has 114 valence electrons. The van der Waals surface area contributed by atoms with Crippen molar-refractivity contribution in [2.75, 3.05) is 11.3 Å². The van der Waals surface area contributed by atoms with Gasteiger partial charge >= 0.3 is 0 Å². The van der Waals surface area contributed by atoms with Crippen molar-refractivity contribution in [2.45, 2.75) is 25.3 Å². The average molecular weight is 330 g/mol. The van der Waals surface area contributed by atoms with Crippen molar-refractivity contribution in [1.82, 2.24) is 15.5 Å². The Bertz CT molecular complexity index is 717. The highest BCUT2D eigenvalue weighted by molar-refractivity contribution is 7.93. The highest BCUT2D eigenvalue weighted by Crippen LogP contribution is 2.23. The number of nitrogens with one attached hydrogen (secondary N) is 2. The molecule has 1 heterocycles. The van der Waals surface area contributed by atoms with Gasteiger partial charge in [-0.2, -0.15) is 0 Å². The number of sulfonamides is 1. The monoisotopic (exact) mass is 330 g/mol. The largest absolute Gasteiger partial charge is 0.313 e. The number of nitrogens with zero attached hydrogens (tertiary/aromatic N) is 2. The van der Waals surface area contributed by atoms with Crippen LogP contribution in [0.4, 0.5) is 9.52 Å². The molecule has 0 aliphatic heterocycles. The standard InChI is InChI=1S/C12H15FN4O2S2/c1-3-14-6-9-4-10(13)8(2)11(5-9)21(18,19)17-12-16-15-7-20-12/h4-5,7,14H,3,6H2,1-2H3,(H,16,17). The second-order valence-electron chi connectivity index (χ2n) is 4.33. The molecule has 2 aromatic rings. The van der Waals surface area contributed by atoms with Crippen LogP contribution in [0.15, 0.2) is 22.5 Å². The zero-order chi connectivity index (χ0) is 15.5. The van der Waals surface area contributed by atoms with Crippen LogP contribution in [-0.2, 0) is 16.6 Å². The zero-order valence-corrected chi connectivity index (χ0v) is 13.2. The van der Waals surface area contributed by atoms with Gasteiger partial charge < -0.3 is 5.32 Å². The summed E-state index contributed by atoms with van der Waals surface area (Å²) in [6.45, 7) is 4.45. The van der Waals surface area contributed by atoms with E-state index in [2.05, 4.69) is 20.2 Å². The van der Waals surface area contributed by atoms with Crippen LogP contribution in [0.1, 0.15) is 18.1 Å². The lowest BCUT2D eigenvalue weighted by Gasteiger charge is -2.11. The van der Waals surface area contributed by atoms with Gasteiger partial charge in [0.1, 0.15) is 11.3 Å². The van der Waals surface area contributed by atoms with Crippen LogP contribution in [0.3, 0.4) is 0 Å². The molecule has 2 rings (SSSR count). The predicted molar refractivity (Wildman–Crippen MR) is 79.2 cm³/mol. The van der Waals surface area contributed by atoms with E-state index in [-0.39, 0.29) is 15.6 Å². The fourth-order valence-corrected chi connectivity index (χ4v) is 3.74. The van der Waals surface area contributed by atoms with Gasteiger partial charge in [0, 0.05) is 12.1 Å². The van der Waals surface area contributed by atoms with Crippen molar-refractivity contribution in [2.24, 2.45) is 0 Å². The van der Waals surface area contributed by atoms with Crippen molar-refractivity contribution in [3.63, 3.8) is 0 Å². The molecule has 0 unspecified atom stereocenters. The lowest BCUT2D eigenvalue weighted by molar-refractivity contribution is 0.587. The summed E-state index contributed by atoms with van der Waals surface area (Å²) >= 11 is 1.05. The number of aromatic nitrogens is 2. The molecule has 2 N–H and O–H groups in total. The summed E-state index contributed by atoms with van der Waals surface area (Å²) in [6, 6.07) is 2.80. The van der Waals surface area contributed by atoms with Crippen LogP contribution >= 0.6 is 11.3 Å². The maximum absolute atomic E-state index is 13.9. The summed E-state index contributed by atoms with van der Waals surface area (Å²) in [5.74, 6) is -0.553. The van der Waals surface area contributed by atoms with Crippen LogP contribution in [0.25, 0.3) is 0 Å². The molecule has 0 atom stereocenters. The first-order valence-corrected chi connectivity index (χ1v) is 8.59. The van der Waals surface area contributed by atoms with Crippen molar-refractivity contribution < 1.29 is 12.8 Å². The number of hydrogen-bond acceptors (Lipinski definition) is 6. The van der Waals surface area contributed by atoms with Crippen LogP contribution < -0.4 is 10.0 Å². The highest BCUT2D eigenvalue weighted by Gasteiger charge is 2.21. The molecule has 0 bridgehead atoms. The van der Waals surface area contributed by atoms with E-state index in [0.717, 1.165) is 11.3 Å². The van der Waals surface area contributed by atoms with Gasteiger partial charge in [-0.15, -0.1) is 10.2 Å². The summed E-state index contributed by atoms with van der Waals surface area (Å²) < 4.78 is 40.9. The lowest BCUT2D eigenvalue weighted by atomic mass is 10.1. The van der Waals surface area contributed by atoms with Crippen molar-refractivity contribution >= 4 is 26.5 Å². The smallest absolute Gasteiger partial charge is 0.264 e. The summed E-state index contributed by atoms with van der Waals surface area (Å²) in [5.41, 5.74) is 2.05. The number of anilines is 1. The average Bonchev–Trinajstić information content (AvgIpc) is 2.91. The lowest BCUT2D eigenvalue weighted by Crippen LogP contribution is -2.17. The molecule has 9 heteroatoms. The number of halogens is 1. The Morgan fingerprint density at radius 2 is 2.14 bits per heavy atom. The summed E-state index contributed by atoms with van der Waals surface area (Å²) in [5, 5.41) is 10.4. The summed E-state index contributed by atoms with van der Waals surface area (Å²) in [7, 11) is -3.89. The third kappa shape index (κ3) is 3.74. The Hall–Kier alpha value is -1.58. The van der Waals surface area contributed by atoms with Gasteiger partial charge in [0.2, 0.25) is 5.13 Å². The normalized spacial score (nSPS) is 11.6. The maximum Gasteiger partial charge on any atom is 0.264 e. The fraction of sp³-hybridized carbons (Fsp3) is 0.333. The van der Waals surface area contributed by atoms with E-state index in [0.29, 0.717) is 18.7 Å². The van der Waals surface area contributed by atoms with E-state index in [1.165, 1.54) is 24.6 Å². The minimum atomic E-state index is -3.89. The molecule has 0 saturated carbocycles. The number of benzene rings is 1. The molecule has 21 heavy (non-hydrogen) atoms. The van der Waals surface area contributed by atoms with Gasteiger partial charge in [0.25, 0.3) is 10.0 Å². The molecule has 1 aromatic carbocycles. The SMILES string of the molecule is CCNCc1cc(F)c(C)c(S(=O)(=O)Nc2nncs2)c1. The second-order valence-corrected chi connectivity index (χ2v) is 6.81. The van der Waals surface area contributed by atoms with Gasteiger partial charge in [-0.05, 0) is 31.2 Å². The van der Waals surface area contributed by atoms with Gasteiger partial charge in [0.15, 0.2) is 0 Å². The molecule has 0 aliphatic rings. The third-order valence-corrected chi connectivity index (χ3v) is 5.01. The van der Waals surface area contributed by atoms with E-state index in [9.17, 15) is 12.8 Å². The number of rotatable bonds is 6. The van der Waals surface area contributed by atoms with E-state index >= 15 is 0 Å². The Balaban J connectivity index is 2.39.